The minimum atomic E-state index is 0.0652. The van der Waals surface area contributed by atoms with Crippen molar-refractivity contribution in [3.05, 3.63) is 65.5 Å². The average molecular weight is 283 g/mol. The minimum Gasteiger partial charge on any atom is -0.271 e. The Balaban J connectivity index is 2.40. The molecular weight excluding hydrogens is 258 g/mol. The van der Waals surface area contributed by atoms with Crippen molar-refractivity contribution in [3.63, 3.8) is 0 Å². The first kappa shape index (κ1) is 15.7. The van der Waals surface area contributed by atoms with Gasteiger partial charge in [0.05, 0.1) is 6.04 Å². The number of hydrazine groups is 1. The summed E-state index contributed by atoms with van der Waals surface area (Å²) in [5, 5.41) is 0. The molecule has 0 saturated heterocycles. The molecular formula is C18H25N3. The molecule has 1 heterocycles. The smallest absolute Gasteiger partial charge is 0.0546 e. The van der Waals surface area contributed by atoms with Gasteiger partial charge in [0.2, 0.25) is 0 Å². The van der Waals surface area contributed by atoms with Crippen molar-refractivity contribution in [2.45, 2.75) is 39.2 Å². The van der Waals surface area contributed by atoms with Gasteiger partial charge in [-0.05, 0) is 30.0 Å². The SMILES string of the molecule is CCC(C)C(c1ccccc1)C(NN)c1ccc(C)nc1. The van der Waals surface area contributed by atoms with E-state index in [1.54, 1.807) is 0 Å². The second kappa shape index (κ2) is 7.34. The molecule has 0 amide bonds. The number of rotatable bonds is 6. The van der Waals surface area contributed by atoms with E-state index in [0.29, 0.717) is 11.8 Å². The molecule has 3 heteroatoms. The van der Waals surface area contributed by atoms with Crippen LogP contribution in [-0.4, -0.2) is 4.98 Å². The van der Waals surface area contributed by atoms with Gasteiger partial charge in [0, 0.05) is 17.8 Å². The lowest BCUT2D eigenvalue weighted by Gasteiger charge is -2.32. The van der Waals surface area contributed by atoms with Crippen LogP contribution in [0.5, 0.6) is 0 Å². The summed E-state index contributed by atoms with van der Waals surface area (Å²) in [5.74, 6) is 6.74. The highest BCUT2D eigenvalue weighted by Gasteiger charge is 2.28. The Labute approximate surface area is 127 Å². The van der Waals surface area contributed by atoms with Gasteiger partial charge in [0.15, 0.2) is 0 Å². The first-order valence-electron chi connectivity index (χ1n) is 7.61. The predicted molar refractivity (Wildman–Crippen MR) is 87.7 cm³/mol. The summed E-state index contributed by atoms with van der Waals surface area (Å²) < 4.78 is 0. The number of hydrogen-bond donors (Lipinski definition) is 2. The van der Waals surface area contributed by atoms with E-state index in [1.165, 1.54) is 5.56 Å². The van der Waals surface area contributed by atoms with Gasteiger partial charge in [-0.1, -0.05) is 56.7 Å². The highest BCUT2D eigenvalue weighted by Crippen LogP contribution is 2.37. The quantitative estimate of drug-likeness (QED) is 0.627. The monoisotopic (exact) mass is 283 g/mol. The van der Waals surface area contributed by atoms with E-state index in [2.05, 4.69) is 60.7 Å². The molecule has 3 nitrogen and oxygen atoms in total. The van der Waals surface area contributed by atoms with Gasteiger partial charge in [-0.25, -0.2) is 0 Å². The van der Waals surface area contributed by atoms with Crippen molar-refractivity contribution in [1.29, 1.82) is 0 Å². The van der Waals surface area contributed by atoms with Crippen molar-refractivity contribution < 1.29 is 0 Å². The lowest BCUT2D eigenvalue weighted by molar-refractivity contribution is 0.342. The van der Waals surface area contributed by atoms with Crippen LogP contribution in [0, 0.1) is 12.8 Å². The summed E-state index contributed by atoms with van der Waals surface area (Å²) in [6.45, 7) is 6.50. The minimum absolute atomic E-state index is 0.0652. The maximum atomic E-state index is 5.90. The molecule has 2 rings (SSSR count). The van der Waals surface area contributed by atoms with Crippen LogP contribution in [0.3, 0.4) is 0 Å². The third-order valence-electron chi connectivity index (χ3n) is 4.27. The molecule has 1 aromatic carbocycles. The Morgan fingerprint density at radius 3 is 2.33 bits per heavy atom. The summed E-state index contributed by atoms with van der Waals surface area (Å²) >= 11 is 0. The molecule has 0 fully saturated rings. The number of nitrogens with one attached hydrogen (secondary N) is 1. The van der Waals surface area contributed by atoms with E-state index in [9.17, 15) is 0 Å². The summed E-state index contributed by atoms with van der Waals surface area (Å²) in [7, 11) is 0. The van der Waals surface area contributed by atoms with E-state index in [0.717, 1.165) is 17.7 Å². The third kappa shape index (κ3) is 3.69. The van der Waals surface area contributed by atoms with Crippen molar-refractivity contribution in [3.8, 4) is 0 Å². The summed E-state index contributed by atoms with van der Waals surface area (Å²) in [6.07, 6.45) is 3.04. The Kier molecular flexibility index (Phi) is 5.48. The summed E-state index contributed by atoms with van der Waals surface area (Å²) in [5.41, 5.74) is 6.49. The van der Waals surface area contributed by atoms with E-state index in [-0.39, 0.29) is 6.04 Å². The van der Waals surface area contributed by atoms with Crippen LogP contribution < -0.4 is 11.3 Å². The molecule has 21 heavy (non-hydrogen) atoms. The molecule has 0 radical (unpaired) electrons. The highest BCUT2D eigenvalue weighted by molar-refractivity contribution is 5.28. The molecule has 0 aliphatic carbocycles. The van der Waals surface area contributed by atoms with Gasteiger partial charge in [-0.2, -0.15) is 0 Å². The fourth-order valence-electron chi connectivity index (χ4n) is 2.85. The van der Waals surface area contributed by atoms with E-state index >= 15 is 0 Å². The Bertz CT molecular complexity index is 536. The van der Waals surface area contributed by atoms with Gasteiger partial charge in [0.1, 0.15) is 0 Å². The van der Waals surface area contributed by atoms with Crippen LogP contribution in [0.25, 0.3) is 0 Å². The summed E-state index contributed by atoms with van der Waals surface area (Å²) in [6, 6.07) is 14.8. The van der Waals surface area contributed by atoms with Gasteiger partial charge in [-0.15, -0.1) is 0 Å². The average Bonchev–Trinajstić information content (AvgIpc) is 2.53. The van der Waals surface area contributed by atoms with Crippen LogP contribution in [0.1, 0.15) is 49.0 Å². The zero-order chi connectivity index (χ0) is 15.2. The number of nitrogens with two attached hydrogens (primary N) is 1. The normalized spacial score (nSPS) is 15.4. The Morgan fingerprint density at radius 1 is 1.10 bits per heavy atom. The maximum Gasteiger partial charge on any atom is 0.0546 e. The Morgan fingerprint density at radius 2 is 1.81 bits per heavy atom. The standard InChI is InChI=1S/C18H25N3/c1-4-13(2)17(15-8-6-5-7-9-15)18(21-19)16-11-10-14(3)20-12-16/h5-13,17-18,21H,4,19H2,1-3H3. The number of aryl methyl sites for hydroxylation is 1. The van der Waals surface area contributed by atoms with Crippen LogP contribution in [0.4, 0.5) is 0 Å². The highest BCUT2D eigenvalue weighted by atomic mass is 15.2. The van der Waals surface area contributed by atoms with Gasteiger partial charge in [-0.3, -0.25) is 16.3 Å². The largest absolute Gasteiger partial charge is 0.271 e. The number of aromatic nitrogens is 1. The topological polar surface area (TPSA) is 50.9 Å². The summed E-state index contributed by atoms with van der Waals surface area (Å²) in [4.78, 5) is 4.41. The Hall–Kier alpha value is -1.71. The van der Waals surface area contributed by atoms with E-state index in [1.807, 2.05) is 19.2 Å². The molecule has 0 aliphatic rings. The molecule has 0 spiro atoms. The lowest BCUT2D eigenvalue weighted by Crippen LogP contribution is -2.35. The molecule has 3 N–H and O–H groups in total. The van der Waals surface area contributed by atoms with E-state index < -0.39 is 0 Å². The van der Waals surface area contributed by atoms with Crippen molar-refractivity contribution >= 4 is 0 Å². The van der Waals surface area contributed by atoms with Gasteiger partial charge < -0.3 is 0 Å². The number of nitrogens with zero attached hydrogens (tertiary/aromatic N) is 1. The first-order chi connectivity index (χ1) is 10.2. The molecule has 1 aromatic heterocycles. The number of benzene rings is 1. The molecule has 0 aliphatic heterocycles. The predicted octanol–water partition coefficient (Wildman–Crippen LogP) is 3.72. The fourth-order valence-corrected chi connectivity index (χ4v) is 2.85. The van der Waals surface area contributed by atoms with Crippen LogP contribution >= 0.6 is 0 Å². The number of pyridine rings is 1. The van der Waals surface area contributed by atoms with E-state index in [4.69, 9.17) is 5.84 Å². The van der Waals surface area contributed by atoms with Crippen molar-refractivity contribution in [1.82, 2.24) is 10.4 Å². The molecule has 0 saturated carbocycles. The lowest BCUT2D eigenvalue weighted by atomic mass is 9.78. The van der Waals surface area contributed by atoms with Crippen molar-refractivity contribution in [2.75, 3.05) is 0 Å². The van der Waals surface area contributed by atoms with Gasteiger partial charge in [0.25, 0.3) is 0 Å². The molecule has 2 aromatic rings. The number of hydrogen-bond acceptors (Lipinski definition) is 3. The fraction of sp³-hybridized carbons (Fsp3) is 0.389. The zero-order valence-electron chi connectivity index (χ0n) is 13.1. The molecule has 0 bridgehead atoms. The van der Waals surface area contributed by atoms with Crippen molar-refractivity contribution in [2.24, 2.45) is 11.8 Å². The second-order valence-electron chi connectivity index (χ2n) is 5.70. The maximum absolute atomic E-state index is 5.90. The van der Waals surface area contributed by atoms with Crippen LogP contribution in [-0.2, 0) is 0 Å². The zero-order valence-corrected chi connectivity index (χ0v) is 13.1. The van der Waals surface area contributed by atoms with Crippen LogP contribution in [0.2, 0.25) is 0 Å². The first-order valence-corrected chi connectivity index (χ1v) is 7.61. The van der Waals surface area contributed by atoms with Crippen LogP contribution in [0.15, 0.2) is 48.7 Å². The molecule has 112 valence electrons. The van der Waals surface area contributed by atoms with Gasteiger partial charge >= 0.3 is 0 Å². The molecule has 3 unspecified atom stereocenters. The second-order valence-corrected chi connectivity index (χ2v) is 5.70. The molecule has 3 atom stereocenters. The third-order valence-corrected chi connectivity index (χ3v) is 4.27.